The van der Waals surface area contributed by atoms with Crippen LogP contribution in [0.4, 0.5) is 0 Å². The van der Waals surface area contributed by atoms with Crippen molar-refractivity contribution < 1.29 is 19.0 Å². The van der Waals surface area contributed by atoms with Gasteiger partial charge in [0.25, 0.3) is 0 Å². The van der Waals surface area contributed by atoms with Gasteiger partial charge in [0.05, 0.1) is 33.5 Å². The quantitative estimate of drug-likeness (QED) is 0.235. The number of morpholine rings is 1. The molecule has 1 saturated heterocycles. The minimum absolute atomic E-state index is 0. The summed E-state index contributed by atoms with van der Waals surface area (Å²) in [4.78, 5) is 19.0. The van der Waals surface area contributed by atoms with E-state index >= 15 is 0 Å². The van der Waals surface area contributed by atoms with Gasteiger partial charge in [-0.25, -0.2) is 4.99 Å². The predicted octanol–water partition coefficient (Wildman–Crippen LogP) is 2.16. The number of aliphatic imine (C=N–C) groups is 1. The Labute approximate surface area is 215 Å². The van der Waals surface area contributed by atoms with Gasteiger partial charge >= 0.3 is 0 Å². The second-order valence-electron chi connectivity index (χ2n) is 8.65. The molecule has 1 aromatic rings. The highest BCUT2D eigenvalue weighted by Crippen LogP contribution is 2.32. The molecule has 3 N–H and O–H groups in total. The summed E-state index contributed by atoms with van der Waals surface area (Å²) in [6.45, 7) is 12.3. The fourth-order valence-corrected chi connectivity index (χ4v) is 3.55. The van der Waals surface area contributed by atoms with E-state index in [0.717, 1.165) is 18.7 Å². The van der Waals surface area contributed by atoms with Crippen molar-refractivity contribution in [3.63, 3.8) is 0 Å². The van der Waals surface area contributed by atoms with E-state index in [1.54, 1.807) is 14.2 Å². The van der Waals surface area contributed by atoms with Crippen LogP contribution in [0.2, 0.25) is 0 Å². The number of halogens is 1. The van der Waals surface area contributed by atoms with E-state index in [1.165, 1.54) is 0 Å². The fraction of sp³-hybridized carbons (Fsp3) is 0.652. The lowest BCUT2D eigenvalue weighted by molar-refractivity contribution is -0.121. The van der Waals surface area contributed by atoms with Gasteiger partial charge in [-0.2, -0.15) is 0 Å². The number of nitrogens with one attached hydrogen (secondary N) is 3. The zero-order chi connectivity index (χ0) is 23.6. The molecule has 2 rings (SSSR count). The van der Waals surface area contributed by atoms with Crippen molar-refractivity contribution in [2.45, 2.75) is 39.3 Å². The van der Waals surface area contributed by atoms with E-state index in [4.69, 9.17) is 14.2 Å². The molecule has 1 fully saturated rings. The molecule has 0 saturated carbocycles. The first kappa shape index (κ1) is 29.2. The van der Waals surface area contributed by atoms with Gasteiger partial charge in [0.15, 0.2) is 17.5 Å². The third-order valence-electron chi connectivity index (χ3n) is 4.98. The molecule has 10 heteroatoms. The second kappa shape index (κ2) is 14.5. The third-order valence-corrected chi connectivity index (χ3v) is 4.98. The van der Waals surface area contributed by atoms with Gasteiger partial charge in [-0.3, -0.25) is 9.69 Å². The minimum Gasteiger partial charge on any atom is -0.493 e. The van der Waals surface area contributed by atoms with E-state index in [2.05, 4.69) is 31.9 Å². The third kappa shape index (κ3) is 9.93. The highest BCUT2D eigenvalue weighted by molar-refractivity contribution is 14.0. The first-order chi connectivity index (χ1) is 15.3. The van der Waals surface area contributed by atoms with Gasteiger partial charge in [-0.15, -0.1) is 24.0 Å². The highest BCUT2D eigenvalue weighted by atomic mass is 127. The monoisotopic (exact) mass is 577 g/mol. The molecule has 1 aliphatic heterocycles. The lowest BCUT2D eigenvalue weighted by Crippen LogP contribution is -2.47. The van der Waals surface area contributed by atoms with Crippen LogP contribution in [0.15, 0.2) is 23.2 Å². The smallest absolute Gasteiger partial charge is 0.242 e. The molecular weight excluding hydrogens is 537 g/mol. The molecule has 0 spiro atoms. The predicted molar refractivity (Wildman–Crippen MR) is 142 cm³/mol. The summed E-state index contributed by atoms with van der Waals surface area (Å²) in [6, 6.07) is 6.08. The van der Waals surface area contributed by atoms with E-state index in [1.807, 2.05) is 39.8 Å². The average Bonchev–Trinajstić information content (AvgIpc) is 2.76. The summed E-state index contributed by atoms with van der Waals surface area (Å²) >= 11 is 0. The number of nitrogens with zero attached hydrogens (tertiary/aromatic N) is 2. The van der Waals surface area contributed by atoms with E-state index in [9.17, 15) is 4.79 Å². The summed E-state index contributed by atoms with van der Waals surface area (Å²) in [7, 11) is 3.27. The molecule has 0 bridgehead atoms. The lowest BCUT2D eigenvalue weighted by Gasteiger charge is -2.35. The van der Waals surface area contributed by atoms with Crippen LogP contribution in [0.5, 0.6) is 11.5 Å². The Morgan fingerprint density at radius 2 is 1.82 bits per heavy atom. The zero-order valence-electron chi connectivity index (χ0n) is 20.7. The number of hydrogen-bond donors (Lipinski definition) is 3. The van der Waals surface area contributed by atoms with Gasteiger partial charge in [-0.05, 0) is 45.4 Å². The molecule has 1 aliphatic rings. The number of methoxy groups -OCH3 is 2. The van der Waals surface area contributed by atoms with Crippen LogP contribution >= 0.6 is 24.0 Å². The Bertz CT molecular complexity index is 764. The number of benzene rings is 1. The molecule has 1 aromatic carbocycles. The molecule has 0 aliphatic carbocycles. The van der Waals surface area contributed by atoms with E-state index in [-0.39, 0.29) is 48.0 Å². The van der Waals surface area contributed by atoms with Crippen LogP contribution in [0, 0.1) is 0 Å². The van der Waals surface area contributed by atoms with Crippen LogP contribution < -0.4 is 25.4 Å². The van der Waals surface area contributed by atoms with Crippen LogP contribution in [0.25, 0.3) is 0 Å². The van der Waals surface area contributed by atoms with Crippen LogP contribution in [0.3, 0.4) is 0 Å². The van der Waals surface area contributed by atoms with Gasteiger partial charge in [0.1, 0.15) is 6.54 Å². The van der Waals surface area contributed by atoms with Gasteiger partial charge in [0.2, 0.25) is 5.91 Å². The highest BCUT2D eigenvalue weighted by Gasteiger charge is 2.24. The summed E-state index contributed by atoms with van der Waals surface area (Å²) in [5, 5.41) is 9.56. The van der Waals surface area contributed by atoms with E-state index < -0.39 is 0 Å². The van der Waals surface area contributed by atoms with Crippen molar-refractivity contribution in [2.24, 2.45) is 4.99 Å². The van der Waals surface area contributed by atoms with Crippen molar-refractivity contribution in [1.82, 2.24) is 20.9 Å². The first-order valence-electron chi connectivity index (χ1n) is 11.1. The van der Waals surface area contributed by atoms with Crippen molar-refractivity contribution in [3.05, 3.63) is 23.8 Å². The average molecular weight is 578 g/mol. The molecule has 9 nitrogen and oxygen atoms in total. The lowest BCUT2D eigenvalue weighted by atomic mass is 10.0. The first-order valence-corrected chi connectivity index (χ1v) is 11.1. The maximum atomic E-state index is 12.2. The Kier molecular flexibility index (Phi) is 12.8. The second-order valence-corrected chi connectivity index (χ2v) is 8.65. The van der Waals surface area contributed by atoms with Gasteiger partial charge in [0, 0.05) is 31.7 Å². The van der Waals surface area contributed by atoms with Crippen molar-refractivity contribution in [3.8, 4) is 11.5 Å². The number of guanidine groups is 1. The number of hydrogen-bond acceptors (Lipinski definition) is 6. The molecule has 0 radical (unpaired) electrons. The minimum atomic E-state index is -0.284. The zero-order valence-corrected chi connectivity index (χ0v) is 23.0. The van der Waals surface area contributed by atoms with Crippen LogP contribution in [-0.2, 0) is 9.53 Å². The van der Waals surface area contributed by atoms with E-state index in [0.29, 0.717) is 43.8 Å². The Morgan fingerprint density at radius 3 is 2.39 bits per heavy atom. The summed E-state index contributed by atoms with van der Waals surface area (Å²) in [5.41, 5.74) is 0.825. The maximum absolute atomic E-state index is 12.2. The van der Waals surface area contributed by atoms with Crippen LogP contribution in [-0.4, -0.2) is 82.5 Å². The maximum Gasteiger partial charge on any atom is 0.242 e. The fourth-order valence-electron chi connectivity index (χ4n) is 3.55. The van der Waals surface area contributed by atoms with Crippen LogP contribution in [0.1, 0.15) is 39.3 Å². The Morgan fingerprint density at radius 1 is 1.15 bits per heavy atom. The summed E-state index contributed by atoms with van der Waals surface area (Å²) < 4.78 is 16.5. The Balaban J connectivity index is 0.00000544. The number of ether oxygens (including phenoxy) is 3. The van der Waals surface area contributed by atoms with Crippen molar-refractivity contribution in [1.29, 1.82) is 0 Å². The molecule has 1 heterocycles. The number of carbonyl (C=O) groups excluding carboxylic acids is 1. The normalized spacial score (nSPS) is 15.8. The van der Waals surface area contributed by atoms with Gasteiger partial charge < -0.3 is 30.2 Å². The molecule has 33 heavy (non-hydrogen) atoms. The van der Waals surface area contributed by atoms with Gasteiger partial charge in [-0.1, -0.05) is 6.07 Å². The topological polar surface area (TPSA) is 96.5 Å². The summed E-state index contributed by atoms with van der Waals surface area (Å²) in [5.74, 6) is 1.89. The molecule has 0 aromatic heterocycles. The molecular formula is C23H40IN5O4. The molecule has 1 amide bonds. The summed E-state index contributed by atoms with van der Waals surface area (Å²) in [6.07, 6.45) is 0. The Hall–Kier alpha value is -1.79. The number of amides is 1. The molecule has 1 unspecified atom stereocenters. The molecule has 188 valence electrons. The standard InChI is InChI=1S/C23H39N5O4.HI/c1-7-24-22(26-16-21(29)27-23(2,3)4)25-15-18(28-10-12-32-13-11-28)17-8-9-19(30-5)20(14-17)31-6;/h8-9,14,18H,7,10-13,15-16H2,1-6H3,(H,27,29)(H2,24,25,26);1H. The number of carbonyl (C=O) groups is 1. The molecule has 1 atom stereocenters. The largest absolute Gasteiger partial charge is 0.493 e. The number of rotatable bonds is 9. The van der Waals surface area contributed by atoms with Crippen molar-refractivity contribution >= 4 is 35.8 Å². The SMILES string of the molecule is CCNC(=NCC(=O)NC(C)(C)C)NCC(c1ccc(OC)c(OC)c1)N1CCOCC1.I. The van der Waals surface area contributed by atoms with Crippen molar-refractivity contribution in [2.75, 3.05) is 60.2 Å².